The Morgan fingerprint density at radius 1 is 1.14 bits per heavy atom. The fourth-order valence-electron chi connectivity index (χ4n) is 3.99. The summed E-state index contributed by atoms with van der Waals surface area (Å²) >= 11 is 1.80. The zero-order valence-electron chi connectivity index (χ0n) is 13.1. The summed E-state index contributed by atoms with van der Waals surface area (Å²) in [6, 6.07) is 7.37. The lowest BCUT2D eigenvalue weighted by atomic mass is 9.76. The number of halogens is 1. The number of fused-ring (bicyclic) bond motifs is 1. The molecule has 0 aromatic heterocycles. The Kier molecular flexibility index (Phi) is 5.77. The molecule has 4 heteroatoms. The van der Waals surface area contributed by atoms with E-state index in [9.17, 15) is 9.50 Å². The van der Waals surface area contributed by atoms with Crippen LogP contribution in [0.1, 0.15) is 38.5 Å². The first kappa shape index (κ1) is 16.3. The zero-order valence-corrected chi connectivity index (χ0v) is 13.9. The van der Waals surface area contributed by atoms with Crippen LogP contribution in [0.2, 0.25) is 0 Å². The van der Waals surface area contributed by atoms with E-state index in [0.29, 0.717) is 12.0 Å². The van der Waals surface area contributed by atoms with Crippen molar-refractivity contribution in [1.82, 2.24) is 4.90 Å². The number of aliphatic hydroxyl groups excluding tert-OH is 1. The molecule has 1 aromatic rings. The van der Waals surface area contributed by atoms with E-state index in [0.717, 1.165) is 36.6 Å². The van der Waals surface area contributed by atoms with Crippen LogP contribution in [0, 0.1) is 11.7 Å². The second-order valence-electron chi connectivity index (χ2n) is 6.56. The minimum Gasteiger partial charge on any atom is -0.393 e. The zero-order chi connectivity index (χ0) is 15.4. The number of benzene rings is 1. The fourth-order valence-corrected chi connectivity index (χ4v) is 4.82. The van der Waals surface area contributed by atoms with Crippen LogP contribution in [-0.4, -0.2) is 41.0 Å². The molecule has 1 saturated carbocycles. The highest BCUT2D eigenvalue weighted by atomic mass is 32.2. The van der Waals surface area contributed by atoms with Crippen LogP contribution in [0.25, 0.3) is 0 Å². The highest BCUT2D eigenvalue weighted by Gasteiger charge is 2.37. The van der Waals surface area contributed by atoms with Gasteiger partial charge in [-0.15, -0.1) is 11.8 Å². The molecule has 122 valence electrons. The first-order chi connectivity index (χ1) is 10.7. The van der Waals surface area contributed by atoms with Crippen LogP contribution < -0.4 is 0 Å². The average Bonchev–Trinajstić information content (AvgIpc) is 2.55. The SMILES string of the molecule is O[C@H]1CCN(CCCSc2ccc(F)cc2)C2CCCC[C@H]21. The summed E-state index contributed by atoms with van der Waals surface area (Å²) in [7, 11) is 0. The van der Waals surface area contributed by atoms with Crippen LogP contribution >= 0.6 is 11.8 Å². The normalized spacial score (nSPS) is 29.3. The molecule has 22 heavy (non-hydrogen) atoms. The molecule has 1 unspecified atom stereocenters. The summed E-state index contributed by atoms with van der Waals surface area (Å²) in [5.74, 6) is 1.41. The number of thioether (sulfide) groups is 1. The number of hydrogen-bond acceptors (Lipinski definition) is 3. The predicted molar refractivity (Wildman–Crippen MR) is 89.7 cm³/mol. The summed E-state index contributed by atoms with van der Waals surface area (Å²) in [6.45, 7) is 2.17. The maximum Gasteiger partial charge on any atom is 0.123 e. The molecule has 3 rings (SSSR count). The maximum atomic E-state index is 12.9. The van der Waals surface area contributed by atoms with E-state index in [2.05, 4.69) is 4.90 Å². The van der Waals surface area contributed by atoms with Crippen LogP contribution in [-0.2, 0) is 0 Å². The number of hydrogen-bond donors (Lipinski definition) is 1. The van der Waals surface area contributed by atoms with Gasteiger partial charge < -0.3 is 5.11 Å². The number of aliphatic hydroxyl groups is 1. The van der Waals surface area contributed by atoms with Crippen molar-refractivity contribution in [2.45, 2.75) is 55.6 Å². The van der Waals surface area contributed by atoms with Crippen molar-refractivity contribution < 1.29 is 9.50 Å². The Hall–Kier alpha value is -0.580. The molecule has 1 N–H and O–H groups in total. The van der Waals surface area contributed by atoms with E-state index in [1.165, 1.54) is 37.8 Å². The second kappa shape index (κ2) is 7.80. The topological polar surface area (TPSA) is 23.5 Å². The Labute approximate surface area is 137 Å². The minimum absolute atomic E-state index is 0.0739. The number of piperidine rings is 1. The fraction of sp³-hybridized carbons (Fsp3) is 0.667. The second-order valence-corrected chi connectivity index (χ2v) is 7.73. The molecule has 2 fully saturated rings. The Bertz CT molecular complexity index is 467. The number of likely N-dealkylation sites (tertiary alicyclic amines) is 1. The van der Waals surface area contributed by atoms with Crippen LogP contribution in [0.4, 0.5) is 4.39 Å². The number of rotatable bonds is 5. The Balaban J connectivity index is 1.43. The standard InChI is InChI=1S/C18H26FNOS/c19-14-6-8-15(9-7-14)22-13-3-11-20-12-10-18(21)16-4-1-2-5-17(16)20/h6-9,16-18,21H,1-5,10-13H2/t16-,17?,18+/m1/s1. The van der Waals surface area contributed by atoms with Crippen molar-refractivity contribution in [1.29, 1.82) is 0 Å². The number of nitrogens with zero attached hydrogens (tertiary/aromatic N) is 1. The smallest absolute Gasteiger partial charge is 0.123 e. The van der Waals surface area contributed by atoms with Gasteiger partial charge >= 0.3 is 0 Å². The monoisotopic (exact) mass is 323 g/mol. The summed E-state index contributed by atoms with van der Waals surface area (Å²) in [4.78, 5) is 3.76. The lowest BCUT2D eigenvalue weighted by Crippen LogP contribution is -2.52. The molecule has 1 saturated heterocycles. The summed E-state index contributed by atoms with van der Waals surface area (Å²) in [5.41, 5.74) is 0. The predicted octanol–water partition coefficient (Wildman–Crippen LogP) is 3.93. The largest absolute Gasteiger partial charge is 0.393 e. The van der Waals surface area contributed by atoms with Gasteiger partial charge in [-0.2, -0.15) is 0 Å². The van der Waals surface area contributed by atoms with Crippen molar-refractivity contribution in [2.75, 3.05) is 18.8 Å². The van der Waals surface area contributed by atoms with E-state index in [1.807, 2.05) is 12.1 Å². The van der Waals surface area contributed by atoms with E-state index < -0.39 is 0 Å². The summed E-state index contributed by atoms with van der Waals surface area (Å²) in [6.07, 6.45) is 7.07. The van der Waals surface area contributed by atoms with Gasteiger partial charge in [-0.05, 0) is 62.2 Å². The highest BCUT2D eigenvalue weighted by molar-refractivity contribution is 7.99. The molecule has 0 bridgehead atoms. The van der Waals surface area contributed by atoms with Gasteiger partial charge in [-0.1, -0.05) is 12.8 Å². The average molecular weight is 323 g/mol. The van der Waals surface area contributed by atoms with E-state index in [-0.39, 0.29) is 11.9 Å². The van der Waals surface area contributed by atoms with E-state index in [4.69, 9.17) is 0 Å². The molecule has 1 aromatic carbocycles. The van der Waals surface area contributed by atoms with Gasteiger partial charge in [0.2, 0.25) is 0 Å². The molecule has 1 aliphatic heterocycles. The summed E-state index contributed by atoms with van der Waals surface area (Å²) in [5, 5.41) is 10.2. The minimum atomic E-state index is -0.167. The third kappa shape index (κ3) is 4.03. The van der Waals surface area contributed by atoms with Crippen molar-refractivity contribution >= 4 is 11.8 Å². The molecular weight excluding hydrogens is 297 g/mol. The summed E-state index contributed by atoms with van der Waals surface area (Å²) < 4.78 is 12.9. The molecule has 3 atom stereocenters. The molecule has 1 aliphatic carbocycles. The van der Waals surface area contributed by atoms with Gasteiger partial charge in [0.05, 0.1) is 6.10 Å². The van der Waals surface area contributed by atoms with Gasteiger partial charge in [-0.25, -0.2) is 4.39 Å². The quantitative estimate of drug-likeness (QED) is 0.656. The van der Waals surface area contributed by atoms with Gasteiger partial charge in [0.1, 0.15) is 5.82 Å². The van der Waals surface area contributed by atoms with Gasteiger partial charge in [0.25, 0.3) is 0 Å². The third-order valence-corrected chi connectivity index (χ3v) is 6.23. The lowest BCUT2D eigenvalue weighted by Gasteiger charge is -2.46. The van der Waals surface area contributed by atoms with Gasteiger partial charge in [-0.3, -0.25) is 4.90 Å². The Morgan fingerprint density at radius 3 is 2.73 bits per heavy atom. The van der Waals surface area contributed by atoms with Crippen molar-refractivity contribution in [2.24, 2.45) is 5.92 Å². The van der Waals surface area contributed by atoms with Gasteiger partial charge in [0, 0.05) is 23.4 Å². The molecule has 2 aliphatic rings. The van der Waals surface area contributed by atoms with Crippen LogP contribution in [0.15, 0.2) is 29.2 Å². The van der Waals surface area contributed by atoms with Crippen molar-refractivity contribution in [3.8, 4) is 0 Å². The van der Waals surface area contributed by atoms with Gasteiger partial charge in [0.15, 0.2) is 0 Å². The van der Waals surface area contributed by atoms with E-state index >= 15 is 0 Å². The lowest BCUT2D eigenvalue weighted by molar-refractivity contribution is -0.0355. The maximum absolute atomic E-state index is 12.9. The van der Waals surface area contributed by atoms with Crippen LogP contribution in [0.5, 0.6) is 0 Å². The molecule has 0 amide bonds. The molecule has 2 nitrogen and oxygen atoms in total. The Morgan fingerprint density at radius 2 is 1.91 bits per heavy atom. The first-order valence-corrected chi connectivity index (χ1v) is 9.53. The van der Waals surface area contributed by atoms with E-state index in [1.54, 1.807) is 11.8 Å². The van der Waals surface area contributed by atoms with Crippen LogP contribution in [0.3, 0.4) is 0 Å². The molecule has 0 spiro atoms. The van der Waals surface area contributed by atoms with Crippen molar-refractivity contribution in [3.05, 3.63) is 30.1 Å². The first-order valence-electron chi connectivity index (χ1n) is 8.54. The molecular formula is C18H26FNOS. The molecule has 0 radical (unpaired) electrons. The molecule has 1 heterocycles. The third-order valence-electron chi connectivity index (χ3n) is 5.13. The highest BCUT2D eigenvalue weighted by Crippen LogP contribution is 2.35. The van der Waals surface area contributed by atoms with Crippen molar-refractivity contribution in [3.63, 3.8) is 0 Å².